The van der Waals surface area contributed by atoms with E-state index in [1.165, 1.54) is 0 Å². The smallest absolute Gasteiger partial charge is 0.237 e. The number of aliphatic imine (C=N–C) groups is 2. The lowest BCUT2D eigenvalue weighted by molar-refractivity contribution is 0.257. The Balaban J connectivity index is 1.55. The third-order valence-corrected chi connectivity index (χ3v) is 5.06. The average molecular weight is 364 g/mol. The Morgan fingerprint density at radius 3 is 2.85 bits per heavy atom. The van der Waals surface area contributed by atoms with E-state index in [2.05, 4.69) is 52.0 Å². The van der Waals surface area contributed by atoms with E-state index >= 15 is 0 Å². The molecule has 0 spiro atoms. The van der Waals surface area contributed by atoms with Gasteiger partial charge in [0.1, 0.15) is 0 Å². The number of rotatable bonds is 3. The molecule has 0 atom stereocenters. The van der Waals surface area contributed by atoms with Gasteiger partial charge in [-0.3, -0.25) is 14.5 Å². The van der Waals surface area contributed by atoms with Crippen molar-refractivity contribution in [3.63, 3.8) is 0 Å². The van der Waals surface area contributed by atoms with Crippen molar-refractivity contribution >= 4 is 18.5 Å². The van der Waals surface area contributed by atoms with Gasteiger partial charge >= 0.3 is 0 Å². The fourth-order valence-corrected chi connectivity index (χ4v) is 3.40. The minimum Gasteiger partial charge on any atom is -0.306 e. The van der Waals surface area contributed by atoms with E-state index in [9.17, 15) is 0 Å². The quantitative estimate of drug-likeness (QED) is 0.571. The lowest BCUT2D eigenvalue weighted by Crippen LogP contribution is -2.33. The molecule has 8 nitrogen and oxygen atoms in total. The van der Waals surface area contributed by atoms with E-state index in [0.29, 0.717) is 11.7 Å². The van der Waals surface area contributed by atoms with Crippen LogP contribution in [0.3, 0.4) is 0 Å². The van der Waals surface area contributed by atoms with Crippen molar-refractivity contribution in [2.24, 2.45) is 9.98 Å². The third kappa shape index (κ3) is 3.61. The second kappa shape index (κ2) is 7.32. The summed E-state index contributed by atoms with van der Waals surface area (Å²) in [6.07, 6.45) is 11.6. The Morgan fingerprint density at radius 1 is 1.26 bits per heavy atom. The number of nitrogens with one attached hydrogen (secondary N) is 1. The molecule has 0 saturated carbocycles. The minimum absolute atomic E-state index is 0.289. The normalized spacial score (nSPS) is 16.7. The second-order valence-corrected chi connectivity index (χ2v) is 6.92. The molecular weight excluding hydrogens is 340 g/mol. The van der Waals surface area contributed by atoms with Crippen LogP contribution in [0, 0.1) is 6.92 Å². The molecule has 1 aliphatic rings. The number of imidazole rings is 1. The van der Waals surface area contributed by atoms with Gasteiger partial charge in [-0.2, -0.15) is 0 Å². The predicted molar refractivity (Wildman–Crippen MR) is 108 cm³/mol. The molecule has 0 bridgehead atoms. The maximum Gasteiger partial charge on any atom is 0.237 e. The van der Waals surface area contributed by atoms with E-state index in [0.717, 1.165) is 42.8 Å². The van der Waals surface area contributed by atoms with Crippen LogP contribution in [0.4, 0.5) is 0 Å². The summed E-state index contributed by atoms with van der Waals surface area (Å²) < 4.78 is 3.84. The third-order valence-electron chi connectivity index (χ3n) is 5.06. The Kier molecular flexibility index (Phi) is 4.72. The molecule has 0 aromatic carbocycles. The van der Waals surface area contributed by atoms with Crippen molar-refractivity contribution in [3.8, 4) is 11.1 Å². The number of likely N-dealkylation sites (tertiary alicyclic amines) is 1. The van der Waals surface area contributed by atoms with Crippen LogP contribution in [0.25, 0.3) is 16.9 Å². The highest BCUT2D eigenvalue weighted by Gasteiger charge is 2.17. The first-order chi connectivity index (χ1) is 13.1. The number of nitrogens with zero attached hydrogens (tertiary/aromatic N) is 7. The Hall–Kier alpha value is -3.00. The van der Waals surface area contributed by atoms with Gasteiger partial charge in [0.25, 0.3) is 0 Å². The van der Waals surface area contributed by atoms with Crippen LogP contribution in [0.15, 0.2) is 47.0 Å². The molecule has 4 rings (SSSR count). The van der Waals surface area contributed by atoms with Gasteiger partial charge in [-0.15, -0.1) is 0 Å². The highest BCUT2D eigenvalue weighted by atomic mass is 15.5. The van der Waals surface area contributed by atoms with E-state index in [1.54, 1.807) is 6.20 Å². The van der Waals surface area contributed by atoms with Crippen molar-refractivity contribution in [2.45, 2.75) is 25.8 Å². The molecule has 1 fully saturated rings. The largest absolute Gasteiger partial charge is 0.306 e. The summed E-state index contributed by atoms with van der Waals surface area (Å²) in [5, 5.41) is 0. The zero-order valence-electron chi connectivity index (χ0n) is 15.7. The first kappa shape index (κ1) is 17.4. The second-order valence-electron chi connectivity index (χ2n) is 6.92. The van der Waals surface area contributed by atoms with Crippen LogP contribution in [-0.4, -0.2) is 62.8 Å². The molecule has 1 N–H and O–H groups in total. The van der Waals surface area contributed by atoms with Crippen LogP contribution >= 0.6 is 0 Å². The van der Waals surface area contributed by atoms with Gasteiger partial charge in [0, 0.05) is 47.8 Å². The van der Waals surface area contributed by atoms with E-state index in [1.807, 2.05) is 33.9 Å². The first-order valence-electron chi connectivity index (χ1n) is 9.11. The van der Waals surface area contributed by atoms with Crippen molar-refractivity contribution < 1.29 is 0 Å². The number of piperidine rings is 1. The van der Waals surface area contributed by atoms with Crippen molar-refractivity contribution in [3.05, 3.63) is 42.7 Å². The number of hydrogen-bond donors (Lipinski definition) is 1. The molecular formula is C19H24N8. The Labute approximate surface area is 158 Å². The lowest BCUT2D eigenvalue weighted by Gasteiger charge is -2.26. The number of aromatic nitrogens is 4. The zero-order chi connectivity index (χ0) is 18.8. The molecule has 140 valence electrons. The monoisotopic (exact) mass is 364 g/mol. The fraction of sp³-hybridized carbons (Fsp3) is 0.368. The summed E-state index contributed by atoms with van der Waals surface area (Å²) in [6, 6.07) is 2.34. The van der Waals surface area contributed by atoms with Crippen LogP contribution in [0.1, 0.15) is 18.5 Å². The molecule has 0 aliphatic carbocycles. The topological polar surface area (TPSA) is 75.1 Å². The van der Waals surface area contributed by atoms with Gasteiger partial charge in [0.15, 0.2) is 0 Å². The maximum absolute atomic E-state index is 4.74. The summed E-state index contributed by atoms with van der Waals surface area (Å²) in [6.45, 7) is 7.85. The molecule has 4 heterocycles. The van der Waals surface area contributed by atoms with Crippen LogP contribution < -0.4 is 5.43 Å². The maximum atomic E-state index is 4.74. The lowest BCUT2D eigenvalue weighted by atomic mass is 10.1. The van der Waals surface area contributed by atoms with Gasteiger partial charge in [-0.25, -0.2) is 20.0 Å². The molecule has 0 unspecified atom stereocenters. The summed E-state index contributed by atoms with van der Waals surface area (Å²) in [7, 11) is 2.14. The van der Waals surface area contributed by atoms with Crippen molar-refractivity contribution in [2.75, 3.05) is 25.6 Å². The summed E-state index contributed by atoms with van der Waals surface area (Å²) in [4.78, 5) is 19.7. The standard InChI is InChI=1S/C19H24N8/c1-14-17(15-12-22-19-21-7-11-26(19)13-15)6-10-27(14)24-18(20-2)23-16-4-8-25(3)9-5-16/h6-7,10-13,16H,2,4-5,8-9H2,1,3H3,(H,23,24). The summed E-state index contributed by atoms with van der Waals surface area (Å²) >= 11 is 0. The SMILES string of the molecule is C=NC(=NC1CCN(C)CC1)Nn1ccc(-c2cnc3nccn3c2)c1C. The number of guanidine groups is 1. The van der Waals surface area contributed by atoms with Gasteiger partial charge in [-0.05, 0) is 52.7 Å². The van der Waals surface area contributed by atoms with E-state index in [4.69, 9.17) is 4.99 Å². The molecule has 3 aromatic heterocycles. The van der Waals surface area contributed by atoms with Crippen molar-refractivity contribution in [1.82, 2.24) is 23.9 Å². The van der Waals surface area contributed by atoms with Crippen LogP contribution in [0.2, 0.25) is 0 Å². The first-order valence-corrected chi connectivity index (χ1v) is 9.11. The zero-order valence-corrected chi connectivity index (χ0v) is 15.7. The number of fused-ring (bicyclic) bond motifs is 1. The molecule has 0 amide bonds. The van der Waals surface area contributed by atoms with Crippen LogP contribution in [0.5, 0.6) is 0 Å². The summed E-state index contributed by atoms with van der Waals surface area (Å²) in [5.41, 5.74) is 6.43. The van der Waals surface area contributed by atoms with Gasteiger partial charge in [0.2, 0.25) is 11.7 Å². The van der Waals surface area contributed by atoms with Gasteiger partial charge in [-0.1, -0.05) is 0 Å². The molecule has 1 saturated heterocycles. The molecule has 3 aromatic rings. The van der Waals surface area contributed by atoms with Crippen molar-refractivity contribution in [1.29, 1.82) is 0 Å². The predicted octanol–water partition coefficient (Wildman–Crippen LogP) is 2.20. The highest BCUT2D eigenvalue weighted by Crippen LogP contribution is 2.23. The molecule has 8 heteroatoms. The molecule has 27 heavy (non-hydrogen) atoms. The molecule has 0 radical (unpaired) electrons. The Morgan fingerprint density at radius 2 is 2.07 bits per heavy atom. The summed E-state index contributed by atoms with van der Waals surface area (Å²) in [5.74, 6) is 1.25. The van der Waals surface area contributed by atoms with Gasteiger partial charge in [0.05, 0.1) is 6.04 Å². The fourth-order valence-electron chi connectivity index (χ4n) is 3.40. The van der Waals surface area contributed by atoms with E-state index in [-0.39, 0.29) is 6.04 Å². The Bertz CT molecular complexity index is 975. The average Bonchev–Trinajstić information content (AvgIpc) is 3.29. The van der Waals surface area contributed by atoms with Gasteiger partial charge < -0.3 is 4.90 Å². The molecule has 1 aliphatic heterocycles. The minimum atomic E-state index is 0.289. The van der Waals surface area contributed by atoms with Crippen LogP contribution in [-0.2, 0) is 0 Å². The highest BCUT2D eigenvalue weighted by molar-refractivity contribution is 5.91. The number of hydrogen-bond acceptors (Lipinski definition) is 4. The van der Waals surface area contributed by atoms with E-state index < -0.39 is 0 Å².